The van der Waals surface area contributed by atoms with E-state index in [1.165, 1.54) is 25.7 Å². The van der Waals surface area contributed by atoms with Gasteiger partial charge in [0.05, 0.1) is 12.0 Å². The molecule has 3 heteroatoms. The molecular weight excluding hydrogens is 222 g/mol. The van der Waals surface area contributed by atoms with E-state index in [9.17, 15) is 5.26 Å². The molecule has 0 aromatic heterocycles. The van der Waals surface area contributed by atoms with Crippen LogP contribution in [0.4, 0.5) is 0 Å². The SMILES string of the molecule is CCC1CCC(C#N)C(N(C)CCCN(C)C)C1. The van der Waals surface area contributed by atoms with E-state index in [1.54, 1.807) is 0 Å². The summed E-state index contributed by atoms with van der Waals surface area (Å²) in [6.07, 6.45) is 6.01. The molecule has 1 rings (SSSR count). The van der Waals surface area contributed by atoms with Crippen LogP contribution in [0.1, 0.15) is 39.0 Å². The second-order valence-electron chi connectivity index (χ2n) is 6.03. The predicted molar refractivity (Wildman–Crippen MR) is 76.3 cm³/mol. The van der Waals surface area contributed by atoms with Gasteiger partial charge in [0, 0.05) is 6.04 Å². The Labute approximate surface area is 113 Å². The van der Waals surface area contributed by atoms with Crippen molar-refractivity contribution in [1.82, 2.24) is 9.80 Å². The summed E-state index contributed by atoms with van der Waals surface area (Å²) in [7, 11) is 6.43. The van der Waals surface area contributed by atoms with Crippen LogP contribution in [0.5, 0.6) is 0 Å². The van der Waals surface area contributed by atoms with E-state index in [0.717, 1.165) is 25.4 Å². The maximum absolute atomic E-state index is 9.30. The predicted octanol–water partition coefficient (Wildman–Crippen LogP) is 2.59. The molecule has 3 unspecified atom stereocenters. The van der Waals surface area contributed by atoms with Gasteiger partial charge in [-0.25, -0.2) is 0 Å². The van der Waals surface area contributed by atoms with E-state index < -0.39 is 0 Å². The van der Waals surface area contributed by atoms with Crippen LogP contribution >= 0.6 is 0 Å². The number of rotatable bonds is 6. The molecule has 104 valence electrons. The average Bonchev–Trinajstić information content (AvgIpc) is 2.37. The smallest absolute Gasteiger partial charge is 0.0672 e. The molecule has 0 heterocycles. The molecule has 0 aromatic carbocycles. The highest BCUT2D eigenvalue weighted by molar-refractivity contribution is 4.96. The van der Waals surface area contributed by atoms with Crippen molar-refractivity contribution in [2.45, 2.75) is 45.1 Å². The molecule has 1 saturated carbocycles. The van der Waals surface area contributed by atoms with Crippen molar-refractivity contribution >= 4 is 0 Å². The molecule has 0 saturated heterocycles. The van der Waals surface area contributed by atoms with E-state index in [0.29, 0.717) is 6.04 Å². The van der Waals surface area contributed by atoms with Crippen LogP contribution in [-0.4, -0.2) is 50.1 Å². The molecule has 1 aliphatic carbocycles. The van der Waals surface area contributed by atoms with Gasteiger partial charge in [-0.15, -0.1) is 0 Å². The summed E-state index contributed by atoms with van der Waals surface area (Å²) in [5, 5.41) is 9.30. The van der Waals surface area contributed by atoms with Gasteiger partial charge < -0.3 is 9.80 Å². The van der Waals surface area contributed by atoms with Crippen LogP contribution in [0, 0.1) is 23.2 Å². The van der Waals surface area contributed by atoms with Crippen molar-refractivity contribution in [3.63, 3.8) is 0 Å². The molecule has 18 heavy (non-hydrogen) atoms. The topological polar surface area (TPSA) is 30.3 Å². The van der Waals surface area contributed by atoms with Crippen LogP contribution < -0.4 is 0 Å². The largest absolute Gasteiger partial charge is 0.309 e. The minimum atomic E-state index is 0.247. The van der Waals surface area contributed by atoms with Gasteiger partial charge in [0.1, 0.15) is 0 Å². The van der Waals surface area contributed by atoms with Crippen molar-refractivity contribution in [3.8, 4) is 6.07 Å². The Morgan fingerprint density at radius 3 is 2.44 bits per heavy atom. The Hall–Kier alpha value is -0.590. The molecule has 0 spiro atoms. The fourth-order valence-electron chi connectivity index (χ4n) is 3.04. The van der Waals surface area contributed by atoms with Crippen LogP contribution in [0.3, 0.4) is 0 Å². The Balaban J connectivity index is 2.46. The Morgan fingerprint density at radius 1 is 1.17 bits per heavy atom. The van der Waals surface area contributed by atoms with Crippen molar-refractivity contribution in [3.05, 3.63) is 0 Å². The fourth-order valence-corrected chi connectivity index (χ4v) is 3.04. The third kappa shape index (κ3) is 4.59. The summed E-state index contributed by atoms with van der Waals surface area (Å²) < 4.78 is 0. The van der Waals surface area contributed by atoms with Crippen molar-refractivity contribution in [1.29, 1.82) is 5.26 Å². The summed E-state index contributed by atoms with van der Waals surface area (Å²) >= 11 is 0. The first-order chi connectivity index (χ1) is 8.58. The van der Waals surface area contributed by atoms with Gasteiger partial charge >= 0.3 is 0 Å². The quantitative estimate of drug-likeness (QED) is 0.727. The lowest BCUT2D eigenvalue weighted by atomic mass is 9.77. The van der Waals surface area contributed by atoms with Gasteiger partial charge in [0.15, 0.2) is 0 Å². The van der Waals surface area contributed by atoms with Gasteiger partial charge in [-0.05, 0) is 65.8 Å². The first-order valence-electron chi connectivity index (χ1n) is 7.33. The first kappa shape index (κ1) is 15.5. The Kier molecular flexibility index (Phi) is 6.67. The van der Waals surface area contributed by atoms with Crippen LogP contribution in [0.15, 0.2) is 0 Å². The molecule has 1 aliphatic rings. The number of nitriles is 1. The zero-order valence-corrected chi connectivity index (χ0v) is 12.5. The number of hydrogen-bond donors (Lipinski definition) is 0. The maximum atomic E-state index is 9.30. The lowest BCUT2D eigenvalue weighted by Gasteiger charge is -2.38. The van der Waals surface area contributed by atoms with Crippen molar-refractivity contribution in [2.75, 3.05) is 34.2 Å². The summed E-state index contributed by atoms with van der Waals surface area (Å²) in [6, 6.07) is 3.01. The van der Waals surface area contributed by atoms with Crippen molar-refractivity contribution in [2.24, 2.45) is 11.8 Å². The molecule has 0 amide bonds. The van der Waals surface area contributed by atoms with Crippen LogP contribution in [0.25, 0.3) is 0 Å². The number of hydrogen-bond acceptors (Lipinski definition) is 3. The summed E-state index contributed by atoms with van der Waals surface area (Å²) in [5.74, 6) is 1.08. The lowest BCUT2D eigenvalue weighted by Crippen LogP contribution is -2.42. The molecule has 0 aliphatic heterocycles. The molecule has 3 nitrogen and oxygen atoms in total. The van der Waals surface area contributed by atoms with Crippen LogP contribution in [0.2, 0.25) is 0 Å². The standard InChI is InChI=1S/C15H29N3/c1-5-13-7-8-14(12-16)15(11-13)18(4)10-6-9-17(2)3/h13-15H,5-11H2,1-4H3. The Bertz CT molecular complexity index is 269. The zero-order valence-electron chi connectivity index (χ0n) is 12.5. The summed E-state index contributed by atoms with van der Waals surface area (Å²) in [4.78, 5) is 4.66. The molecule has 0 N–H and O–H groups in total. The molecule has 1 fully saturated rings. The average molecular weight is 251 g/mol. The van der Waals surface area contributed by atoms with Crippen molar-refractivity contribution < 1.29 is 0 Å². The highest BCUT2D eigenvalue weighted by atomic mass is 15.1. The highest BCUT2D eigenvalue weighted by Gasteiger charge is 2.32. The summed E-state index contributed by atoms with van der Waals surface area (Å²) in [5.41, 5.74) is 0. The van der Waals surface area contributed by atoms with E-state index in [1.807, 2.05) is 0 Å². The monoisotopic (exact) mass is 251 g/mol. The molecule has 0 bridgehead atoms. The van der Waals surface area contributed by atoms with Gasteiger partial charge in [-0.2, -0.15) is 5.26 Å². The molecule has 3 atom stereocenters. The van der Waals surface area contributed by atoms with Crippen LogP contribution in [-0.2, 0) is 0 Å². The lowest BCUT2D eigenvalue weighted by molar-refractivity contribution is 0.120. The maximum Gasteiger partial charge on any atom is 0.0672 e. The normalized spacial score (nSPS) is 28.6. The second-order valence-corrected chi connectivity index (χ2v) is 6.03. The Morgan fingerprint density at radius 2 is 1.89 bits per heavy atom. The van der Waals surface area contributed by atoms with Gasteiger partial charge in [-0.1, -0.05) is 13.3 Å². The fraction of sp³-hybridized carbons (Fsp3) is 0.933. The van der Waals surface area contributed by atoms with E-state index >= 15 is 0 Å². The van der Waals surface area contributed by atoms with E-state index in [4.69, 9.17) is 0 Å². The molecular formula is C15H29N3. The van der Waals surface area contributed by atoms with Gasteiger partial charge in [-0.3, -0.25) is 0 Å². The highest BCUT2D eigenvalue weighted by Crippen LogP contribution is 2.33. The third-order valence-electron chi connectivity index (χ3n) is 4.35. The third-order valence-corrected chi connectivity index (χ3v) is 4.35. The van der Waals surface area contributed by atoms with Gasteiger partial charge in [0.25, 0.3) is 0 Å². The second kappa shape index (κ2) is 7.76. The minimum absolute atomic E-state index is 0.247. The van der Waals surface area contributed by atoms with E-state index in [2.05, 4.69) is 43.9 Å². The van der Waals surface area contributed by atoms with E-state index in [-0.39, 0.29) is 5.92 Å². The molecule has 0 aromatic rings. The summed E-state index contributed by atoms with van der Waals surface area (Å²) in [6.45, 7) is 4.52. The molecule has 0 radical (unpaired) electrons. The number of nitrogens with zero attached hydrogens (tertiary/aromatic N) is 3. The minimum Gasteiger partial charge on any atom is -0.309 e. The zero-order chi connectivity index (χ0) is 13.5. The van der Waals surface area contributed by atoms with Gasteiger partial charge in [0.2, 0.25) is 0 Å². The first-order valence-corrected chi connectivity index (χ1v) is 7.33.